The lowest BCUT2D eigenvalue weighted by molar-refractivity contribution is 0.0950. The van der Waals surface area contributed by atoms with Crippen molar-refractivity contribution < 1.29 is 4.79 Å². The average Bonchev–Trinajstić information content (AvgIpc) is 2.94. The van der Waals surface area contributed by atoms with Gasteiger partial charge in [-0.05, 0) is 23.8 Å². The first-order chi connectivity index (χ1) is 8.44. The molecule has 2 rings (SSSR count). The molecular formula is C13H18ClN3O. The van der Waals surface area contributed by atoms with Gasteiger partial charge >= 0.3 is 0 Å². The molecular weight excluding hydrogens is 250 g/mol. The number of hydrogen-bond acceptors (Lipinski definition) is 3. The minimum atomic E-state index is -0.116. The fourth-order valence-corrected chi connectivity index (χ4v) is 2.25. The average molecular weight is 268 g/mol. The van der Waals surface area contributed by atoms with Crippen molar-refractivity contribution in [1.82, 2.24) is 10.3 Å². The van der Waals surface area contributed by atoms with Gasteiger partial charge in [-0.15, -0.1) is 0 Å². The van der Waals surface area contributed by atoms with Crippen LogP contribution in [0.4, 0.5) is 5.82 Å². The van der Waals surface area contributed by atoms with Gasteiger partial charge in [0.15, 0.2) is 0 Å². The van der Waals surface area contributed by atoms with E-state index in [9.17, 15) is 4.79 Å². The maximum Gasteiger partial charge on any atom is 0.252 e. The maximum absolute atomic E-state index is 11.9. The van der Waals surface area contributed by atoms with Crippen LogP contribution in [0.3, 0.4) is 0 Å². The van der Waals surface area contributed by atoms with Crippen LogP contribution in [0.1, 0.15) is 30.6 Å². The topological polar surface area (TPSA) is 54.0 Å². The number of hydrogen-bond donors (Lipinski definition) is 2. The van der Waals surface area contributed by atoms with Gasteiger partial charge in [0.2, 0.25) is 0 Å². The normalized spacial score (nSPS) is 20.3. The molecule has 18 heavy (non-hydrogen) atoms. The summed E-state index contributed by atoms with van der Waals surface area (Å²) in [6, 6.07) is 1.63. The van der Waals surface area contributed by atoms with Gasteiger partial charge in [-0.25, -0.2) is 4.98 Å². The van der Waals surface area contributed by atoms with Crippen LogP contribution in [0.25, 0.3) is 0 Å². The largest absolute Gasteiger partial charge is 0.372 e. The van der Waals surface area contributed by atoms with Crippen molar-refractivity contribution >= 4 is 23.3 Å². The van der Waals surface area contributed by atoms with Crippen molar-refractivity contribution in [2.45, 2.75) is 20.3 Å². The van der Waals surface area contributed by atoms with E-state index in [1.54, 1.807) is 13.1 Å². The van der Waals surface area contributed by atoms with Crippen molar-refractivity contribution in [3.8, 4) is 0 Å². The van der Waals surface area contributed by atoms with Crippen LogP contribution in [-0.4, -0.2) is 24.5 Å². The zero-order valence-electron chi connectivity index (χ0n) is 10.9. The summed E-state index contributed by atoms with van der Waals surface area (Å²) in [6.45, 7) is 5.14. The Bertz CT molecular complexity index is 473. The lowest BCUT2D eigenvalue weighted by Gasteiger charge is -2.08. The molecule has 1 fully saturated rings. The second kappa shape index (κ2) is 4.76. The molecule has 0 bridgehead atoms. The third kappa shape index (κ3) is 2.75. The van der Waals surface area contributed by atoms with Crippen molar-refractivity contribution in [2.75, 3.05) is 18.9 Å². The first-order valence-corrected chi connectivity index (χ1v) is 6.43. The number of amides is 1. The van der Waals surface area contributed by atoms with Crippen molar-refractivity contribution in [2.24, 2.45) is 11.3 Å². The number of rotatable bonds is 4. The fraction of sp³-hybridized carbons (Fsp3) is 0.538. The summed E-state index contributed by atoms with van der Waals surface area (Å²) in [7, 11) is 1.74. The van der Waals surface area contributed by atoms with Crippen LogP contribution in [0, 0.1) is 11.3 Å². The van der Waals surface area contributed by atoms with E-state index in [4.69, 9.17) is 11.6 Å². The van der Waals surface area contributed by atoms with Gasteiger partial charge in [-0.1, -0.05) is 25.4 Å². The molecule has 0 saturated heterocycles. The SMILES string of the molecule is CNc1ncc(C(=O)NCC2CC2(C)C)cc1Cl. The van der Waals surface area contributed by atoms with Gasteiger partial charge in [-0.2, -0.15) is 0 Å². The molecule has 1 aromatic heterocycles. The molecule has 4 nitrogen and oxygen atoms in total. The van der Waals surface area contributed by atoms with Crippen LogP contribution < -0.4 is 10.6 Å². The molecule has 5 heteroatoms. The van der Waals surface area contributed by atoms with Gasteiger partial charge in [0.1, 0.15) is 5.82 Å². The monoisotopic (exact) mass is 267 g/mol. The Labute approximate surface area is 112 Å². The van der Waals surface area contributed by atoms with E-state index in [2.05, 4.69) is 29.5 Å². The Morgan fingerprint density at radius 2 is 2.28 bits per heavy atom. The van der Waals surface area contributed by atoms with Crippen LogP contribution >= 0.6 is 11.6 Å². The van der Waals surface area contributed by atoms with E-state index in [1.165, 1.54) is 12.6 Å². The Hall–Kier alpha value is -1.29. The minimum absolute atomic E-state index is 0.116. The first-order valence-electron chi connectivity index (χ1n) is 6.05. The molecule has 0 aliphatic heterocycles. The maximum atomic E-state index is 11.9. The lowest BCUT2D eigenvalue weighted by Crippen LogP contribution is -2.26. The standard InChI is InChI=1S/C13H18ClN3O/c1-13(2)5-9(13)7-17-12(18)8-4-10(14)11(15-3)16-6-8/h4,6,9H,5,7H2,1-3H3,(H,15,16)(H,17,18). The quantitative estimate of drug-likeness (QED) is 0.882. The first kappa shape index (κ1) is 13.1. The number of carbonyl (C=O) groups is 1. The molecule has 1 saturated carbocycles. The smallest absolute Gasteiger partial charge is 0.252 e. The van der Waals surface area contributed by atoms with Gasteiger partial charge in [0.25, 0.3) is 5.91 Å². The molecule has 0 radical (unpaired) electrons. The molecule has 0 aromatic carbocycles. The molecule has 1 aromatic rings. The number of nitrogens with one attached hydrogen (secondary N) is 2. The van der Waals surface area contributed by atoms with Crippen LogP contribution in [0.5, 0.6) is 0 Å². The zero-order valence-corrected chi connectivity index (χ0v) is 11.6. The van der Waals surface area contributed by atoms with Gasteiger partial charge in [0.05, 0.1) is 10.6 Å². The van der Waals surface area contributed by atoms with E-state index in [0.717, 1.165) is 6.54 Å². The van der Waals surface area contributed by atoms with Crippen molar-refractivity contribution in [3.63, 3.8) is 0 Å². The van der Waals surface area contributed by atoms with E-state index < -0.39 is 0 Å². The Balaban J connectivity index is 1.95. The summed E-state index contributed by atoms with van der Waals surface area (Å²) in [5.41, 5.74) is 0.872. The summed E-state index contributed by atoms with van der Waals surface area (Å²) >= 11 is 5.99. The summed E-state index contributed by atoms with van der Waals surface area (Å²) in [5, 5.41) is 6.24. The third-order valence-corrected chi connectivity index (χ3v) is 3.85. The summed E-state index contributed by atoms with van der Waals surface area (Å²) in [4.78, 5) is 16.0. The van der Waals surface area contributed by atoms with Gasteiger partial charge < -0.3 is 10.6 Å². The Kier molecular flexibility index (Phi) is 3.48. The van der Waals surface area contributed by atoms with Crippen LogP contribution in [0.2, 0.25) is 5.02 Å². The molecule has 0 spiro atoms. The summed E-state index contributed by atoms with van der Waals surface area (Å²) < 4.78 is 0. The minimum Gasteiger partial charge on any atom is -0.372 e. The zero-order chi connectivity index (χ0) is 13.3. The predicted molar refractivity (Wildman–Crippen MR) is 73.0 cm³/mol. The van der Waals surface area contributed by atoms with Crippen LogP contribution in [-0.2, 0) is 0 Å². The Morgan fingerprint density at radius 1 is 1.61 bits per heavy atom. The highest BCUT2D eigenvalue weighted by Crippen LogP contribution is 2.50. The number of anilines is 1. The van der Waals surface area contributed by atoms with E-state index in [0.29, 0.717) is 27.7 Å². The van der Waals surface area contributed by atoms with E-state index in [1.807, 2.05) is 0 Å². The molecule has 1 atom stereocenters. The molecule has 1 aliphatic rings. The number of halogens is 1. The Morgan fingerprint density at radius 3 is 2.78 bits per heavy atom. The summed E-state index contributed by atoms with van der Waals surface area (Å²) in [6.07, 6.45) is 2.70. The van der Waals surface area contributed by atoms with Crippen molar-refractivity contribution in [3.05, 3.63) is 22.8 Å². The molecule has 1 aliphatic carbocycles. The highest BCUT2D eigenvalue weighted by Gasteiger charge is 2.45. The van der Waals surface area contributed by atoms with E-state index >= 15 is 0 Å². The van der Waals surface area contributed by atoms with Gasteiger partial charge in [-0.3, -0.25) is 4.79 Å². The third-order valence-electron chi connectivity index (χ3n) is 3.57. The van der Waals surface area contributed by atoms with E-state index in [-0.39, 0.29) is 5.91 Å². The van der Waals surface area contributed by atoms with Gasteiger partial charge in [0, 0.05) is 19.8 Å². The molecule has 1 amide bonds. The molecule has 1 heterocycles. The fourth-order valence-electron chi connectivity index (χ4n) is 1.99. The summed E-state index contributed by atoms with van der Waals surface area (Å²) in [5.74, 6) is 1.05. The molecule has 1 unspecified atom stereocenters. The number of nitrogens with zero attached hydrogens (tertiary/aromatic N) is 1. The highest BCUT2D eigenvalue weighted by atomic mass is 35.5. The number of aromatic nitrogens is 1. The highest BCUT2D eigenvalue weighted by molar-refractivity contribution is 6.33. The predicted octanol–water partition coefficient (Wildman–Crippen LogP) is 2.55. The number of pyridine rings is 1. The second-order valence-corrected chi connectivity index (χ2v) is 5.81. The van der Waals surface area contributed by atoms with Crippen molar-refractivity contribution in [1.29, 1.82) is 0 Å². The second-order valence-electron chi connectivity index (χ2n) is 5.40. The molecule has 2 N–H and O–H groups in total. The number of carbonyl (C=O) groups excluding carboxylic acids is 1. The van der Waals surface area contributed by atoms with Crippen LogP contribution in [0.15, 0.2) is 12.3 Å². The lowest BCUT2D eigenvalue weighted by atomic mass is 10.1. The molecule has 98 valence electrons.